The molecule has 0 N–H and O–H groups in total. The molecule has 3 nitrogen and oxygen atoms in total. The molecule has 2 aromatic rings. The number of carbonyl (C=O) groups excluding carboxylic acids is 1. The van der Waals surface area contributed by atoms with E-state index in [9.17, 15) is 4.79 Å². The van der Waals surface area contributed by atoms with Crippen molar-refractivity contribution in [2.75, 3.05) is 6.61 Å². The van der Waals surface area contributed by atoms with E-state index in [-0.39, 0.29) is 5.97 Å². The summed E-state index contributed by atoms with van der Waals surface area (Å²) in [5.74, 6) is 0.944. The SMILES string of the molecule is CCCCOc1ccc(C(=O)Oc2ccc(C)cc2C)cc1Br. The van der Waals surface area contributed by atoms with Crippen molar-refractivity contribution >= 4 is 21.9 Å². The van der Waals surface area contributed by atoms with Gasteiger partial charge in [0.2, 0.25) is 0 Å². The molecule has 0 radical (unpaired) electrons. The first-order valence-corrected chi connectivity index (χ1v) is 8.52. The van der Waals surface area contributed by atoms with Gasteiger partial charge in [0.05, 0.1) is 16.6 Å². The fourth-order valence-electron chi connectivity index (χ4n) is 2.14. The van der Waals surface area contributed by atoms with Crippen LogP contribution in [0.5, 0.6) is 11.5 Å². The van der Waals surface area contributed by atoms with Gasteiger partial charge in [-0.05, 0) is 66.0 Å². The van der Waals surface area contributed by atoms with E-state index in [2.05, 4.69) is 22.9 Å². The van der Waals surface area contributed by atoms with E-state index in [4.69, 9.17) is 9.47 Å². The average molecular weight is 377 g/mol. The Hall–Kier alpha value is -1.81. The van der Waals surface area contributed by atoms with Gasteiger partial charge in [-0.15, -0.1) is 0 Å². The minimum atomic E-state index is -0.377. The highest BCUT2D eigenvalue weighted by atomic mass is 79.9. The number of hydrogen-bond donors (Lipinski definition) is 0. The number of hydrogen-bond acceptors (Lipinski definition) is 3. The number of benzene rings is 2. The van der Waals surface area contributed by atoms with Gasteiger partial charge in [-0.2, -0.15) is 0 Å². The van der Waals surface area contributed by atoms with E-state index in [1.807, 2.05) is 32.0 Å². The summed E-state index contributed by atoms with van der Waals surface area (Å²) in [7, 11) is 0. The Balaban J connectivity index is 2.09. The molecule has 0 amide bonds. The van der Waals surface area contributed by atoms with E-state index < -0.39 is 0 Å². The van der Waals surface area contributed by atoms with Crippen LogP contribution in [0.1, 0.15) is 41.3 Å². The molecule has 0 spiro atoms. The molecular weight excluding hydrogens is 356 g/mol. The molecule has 0 saturated heterocycles. The third kappa shape index (κ3) is 4.83. The Morgan fingerprint density at radius 3 is 2.48 bits per heavy atom. The predicted molar refractivity (Wildman–Crippen MR) is 95.4 cm³/mol. The highest BCUT2D eigenvalue weighted by Crippen LogP contribution is 2.27. The molecule has 0 aromatic heterocycles. The van der Waals surface area contributed by atoms with Crippen molar-refractivity contribution in [3.63, 3.8) is 0 Å². The molecule has 0 aliphatic heterocycles. The lowest BCUT2D eigenvalue weighted by Gasteiger charge is -2.10. The van der Waals surface area contributed by atoms with Crippen LogP contribution in [0.2, 0.25) is 0 Å². The predicted octanol–water partition coefficient (Wildman–Crippen LogP) is 5.46. The van der Waals surface area contributed by atoms with Crippen LogP contribution < -0.4 is 9.47 Å². The third-order valence-electron chi connectivity index (χ3n) is 3.46. The molecule has 0 unspecified atom stereocenters. The van der Waals surface area contributed by atoms with Crippen molar-refractivity contribution in [3.05, 3.63) is 57.6 Å². The van der Waals surface area contributed by atoms with Crippen LogP contribution in [-0.2, 0) is 0 Å². The van der Waals surface area contributed by atoms with Crippen LogP contribution in [-0.4, -0.2) is 12.6 Å². The summed E-state index contributed by atoms with van der Waals surface area (Å²) in [6.07, 6.45) is 2.08. The van der Waals surface area contributed by atoms with Crippen molar-refractivity contribution in [1.29, 1.82) is 0 Å². The van der Waals surface area contributed by atoms with E-state index in [1.54, 1.807) is 18.2 Å². The molecule has 122 valence electrons. The van der Waals surface area contributed by atoms with E-state index in [1.165, 1.54) is 0 Å². The van der Waals surface area contributed by atoms with Gasteiger partial charge in [0, 0.05) is 0 Å². The molecule has 0 saturated carbocycles. The zero-order valence-corrected chi connectivity index (χ0v) is 15.3. The number of aryl methyl sites for hydroxylation is 2. The van der Waals surface area contributed by atoms with Gasteiger partial charge in [0.25, 0.3) is 0 Å². The monoisotopic (exact) mass is 376 g/mol. The smallest absolute Gasteiger partial charge is 0.343 e. The Morgan fingerprint density at radius 1 is 1.09 bits per heavy atom. The van der Waals surface area contributed by atoms with Crippen molar-refractivity contribution in [1.82, 2.24) is 0 Å². The van der Waals surface area contributed by atoms with Crippen LogP contribution in [0.4, 0.5) is 0 Å². The van der Waals surface area contributed by atoms with Gasteiger partial charge in [0.15, 0.2) is 0 Å². The zero-order chi connectivity index (χ0) is 16.8. The number of unbranched alkanes of at least 4 members (excludes halogenated alkanes) is 1. The number of ether oxygens (including phenoxy) is 2. The lowest BCUT2D eigenvalue weighted by Crippen LogP contribution is -2.09. The van der Waals surface area contributed by atoms with Crippen molar-refractivity contribution in [2.24, 2.45) is 0 Å². The van der Waals surface area contributed by atoms with Crippen LogP contribution in [0.3, 0.4) is 0 Å². The number of halogens is 1. The van der Waals surface area contributed by atoms with Gasteiger partial charge < -0.3 is 9.47 Å². The normalized spacial score (nSPS) is 10.4. The maximum atomic E-state index is 12.3. The third-order valence-corrected chi connectivity index (χ3v) is 4.08. The summed E-state index contributed by atoms with van der Waals surface area (Å²) < 4.78 is 11.9. The molecule has 0 atom stereocenters. The van der Waals surface area contributed by atoms with E-state index in [0.717, 1.165) is 34.2 Å². The minimum Gasteiger partial charge on any atom is -0.492 e. The molecule has 23 heavy (non-hydrogen) atoms. The highest BCUT2D eigenvalue weighted by molar-refractivity contribution is 9.10. The standard InChI is InChI=1S/C19H21BrO3/c1-4-5-10-22-18-9-7-15(12-16(18)20)19(21)23-17-8-6-13(2)11-14(17)3/h6-9,11-12H,4-5,10H2,1-3H3. The lowest BCUT2D eigenvalue weighted by molar-refractivity contribution is 0.0733. The maximum Gasteiger partial charge on any atom is 0.343 e. The molecule has 0 bridgehead atoms. The second-order valence-electron chi connectivity index (χ2n) is 5.51. The molecule has 0 aliphatic carbocycles. The van der Waals surface area contributed by atoms with Crippen LogP contribution in [0, 0.1) is 13.8 Å². The number of carbonyl (C=O) groups is 1. The van der Waals surface area contributed by atoms with E-state index in [0.29, 0.717) is 17.9 Å². The van der Waals surface area contributed by atoms with Gasteiger partial charge in [-0.1, -0.05) is 31.0 Å². The molecule has 2 rings (SSSR count). The second kappa shape index (κ2) is 8.16. The van der Waals surface area contributed by atoms with Crippen molar-refractivity contribution in [3.8, 4) is 11.5 Å². The minimum absolute atomic E-state index is 0.377. The van der Waals surface area contributed by atoms with Crippen LogP contribution in [0.15, 0.2) is 40.9 Å². The Bertz CT molecular complexity index is 695. The summed E-state index contributed by atoms with van der Waals surface area (Å²) in [5.41, 5.74) is 2.57. The topological polar surface area (TPSA) is 35.5 Å². The van der Waals surface area contributed by atoms with Gasteiger partial charge >= 0.3 is 5.97 Å². The number of rotatable bonds is 6. The summed E-state index contributed by atoms with van der Waals surface area (Å²) in [6.45, 7) is 6.72. The Morgan fingerprint density at radius 2 is 1.83 bits per heavy atom. The quantitative estimate of drug-likeness (QED) is 0.381. The average Bonchev–Trinajstić information content (AvgIpc) is 2.51. The van der Waals surface area contributed by atoms with Gasteiger partial charge in [0.1, 0.15) is 11.5 Å². The van der Waals surface area contributed by atoms with Crippen LogP contribution >= 0.6 is 15.9 Å². The van der Waals surface area contributed by atoms with Gasteiger partial charge in [-0.3, -0.25) is 0 Å². The fraction of sp³-hybridized carbons (Fsp3) is 0.316. The summed E-state index contributed by atoms with van der Waals surface area (Å²) >= 11 is 3.44. The first-order chi connectivity index (χ1) is 11.0. The summed E-state index contributed by atoms with van der Waals surface area (Å²) in [5, 5.41) is 0. The molecule has 0 aliphatic rings. The largest absolute Gasteiger partial charge is 0.492 e. The fourth-order valence-corrected chi connectivity index (χ4v) is 2.64. The number of esters is 1. The first kappa shape index (κ1) is 17.5. The first-order valence-electron chi connectivity index (χ1n) is 7.73. The summed E-state index contributed by atoms with van der Waals surface area (Å²) in [6, 6.07) is 11.0. The van der Waals surface area contributed by atoms with Gasteiger partial charge in [-0.25, -0.2) is 4.79 Å². The van der Waals surface area contributed by atoms with Crippen molar-refractivity contribution < 1.29 is 14.3 Å². The molecule has 0 heterocycles. The lowest BCUT2D eigenvalue weighted by atomic mass is 10.1. The van der Waals surface area contributed by atoms with Crippen molar-refractivity contribution in [2.45, 2.75) is 33.6 Å². The maximum absolute atomic E-state index is 12.3. The van der Waals surface area contributed by atoms with Crippen LogP contribution in [0.25, 0.3) is 0 Å². The molecular formula is C19H21BrO3. The zero-order valence-electron chi connectivity index (χ0n) is 13.7. The Labute approximate surface area is 145 Å². The molecule has 0 fully saturated rings. The second-order valence-corrected chi connectivity index (χ2v) is 6.36. The molecule has 2 aromatic carbocycles. The summed E-state index contributed by atoms with van der Waals surface area (Å²) in [4.78, 5) is 12.3. The molecule has 4 heteroatoms. The Kier molecular flexibility index (Phi) is 6.22. The van der Waals surface area contributed by atoms with E-state index >= 15 is 0 Å². The highest BCUT2D eigenvalue weighted by Gasteiger charge is 2.13.